The van der Waals surface area contributed by atoms with Crippen molar-refractivity contribution in [2.45, 2.75) is 58.4 Å². The Morgan fingerprint density at radius 3 is 2.21 bits per heavy atom. The van der Waals surface area contributed by atoms with E-state index in [1.165, 1.54) is 4.90 Å². The van der Waals surface area contributed by atoms with Gasteiger partial charge in [0, 0.05) is 19.0 Å². The summed E-state index contributed by atoms with van der Waals surface area (Å²) in [6.45, 7) is 4.63. The lowest BCUT2D eigenvalue weighted by atomic mass is 10.0. The minimum Gasteiger partial charge on any atom is -0.352 e. The van der Waals surface area contributed by atoms with Crippen LogP contribution in [0.25, 0.3) is 0 Å². The molecule has 0 spiro atoms. The lowest BCUT2D eigenvalue weighted by Crippen LogP contribution is -2.54. The van der Waals surface area contributed by atoms with Gasteiger partial charge in [-0.2, -0.15) is 13.2 Å². The topological polar surface area (TPSA) is 86.8 Å². The molecule has 0 aromatic heterocycles. The third-order valence-corrected chi connectivity index (χ3v) is 8.54. The standard InChI is InChI=1S/C31H35ClF3N3O4S/c1-5-22(3)36-30(40)28(17-23-12-7-6-8-13-23)37(19-24-14-10-9-11-21(24)2)29(39)20-38(43(4,41)42)27-18-25(31(33,34)35)15-16-26(27)32/h6-16,18,22,28H,5,17,19-20H2,1-4H3,(H,36,40)/t22-,28+/m0/s1. The van der Waals surface area contributed by atoms with Crippen LogP contribution in [-0.2, 0) is 38.8 Å². The van der Waals surface area contributed by atoms with E-state index in [9.17, 15) is 31.2 Å². The smallest absolute Gasteiger partial charge is 0.352 e. The van der Waals surface area contributed by atoms with Crippen molar-refractivity contribution in [2.75, 3.05) is 17.1 Å². The number of sulfonamides is 1. The maximum absolute atomic E-state index is 14.1. The van der Waals surface area contributed by atoms with E-state index >= 15 is 0 Å². The van der Waals surface area contributed by atoms with Crippen LogP contribution >= 0.6 is 11.6 Å². The summed E-state index contributed by atoms with van der Waals surface area (Å²) in [6.07, 6.45) is -3.26. The highest BCUT2D eigenvalue weighted by atomic mass is 35.5. The first kappa shape index (κ1) is 33.9. The normalized spacial score (nSPS) is 13.2. The Kier molecular flexibility index (Phi) is 11.3. The SMILES string of the molecule is CC[C@H](C)NC(=O)[C@@H](Cc1ccccc1)N(Cc1ccccc1C)C(=O)CN(c1cc(C(F)(F)F)ccc1Cl)S(C)(=O)=O. The summed E-state index contributed by atoms with van der Waals surface area (Å²) in [5.74, 6) is -1.23. The second kappa shape index (κ2) is 14.3. The van der Waals surface area contributed by atoms with Crippen molar-refractivity contribution in [3.63, 3.8) is 0 Å². The molecule has 43 heavy (non-hydrogen) atoms. The van der Waals surface area contributed by atoms with Gasteiger partial charge in [-0.05, 0) is 55.2 Å². The van der Waals surface area contributed by atoms with Crippen LogP contribution < -0.4 is 9.62 Å². The van der Waals surface area contributed by atoms with Gasteiger partial charge in [0.25, 0.3) is 0 Å². The Bertz CT molecular complexity index is 1530. The second-order valence-electron chi connectivity index (χ2n) is 10.4. The highest BCUT2D eigenvalue weighted by Gasteiger charge is 2.36. The molecule has 0 radical (unpaired) electrons. The molecule has 12 heteroatoms. The van der Waals surface area contributed by atoms with Gasteiger partial charge >= 0.3 is 6.18 Å². The molecular formula is C31H35ClF3N3O4S. The Balaban J connectivity index is 2.13. The molecule has 0 saturated carbocycles. The van der Waals surface area contributed by atoms with E-state index in [4.69, 9.17) is 11.6 Å². The number of hydrogen-bond donors (Lipinski definition) is 1. The fourth-order valence-electron chi connectivity index (χ4n) is 4.44. The number of anilines is 1. The number of aryl methyl sites for hydroxylation is 1. The minimum atomic E-state index is -4.78. The second-order valence-corrected chi connectivity index (χ2v) is 12.7. The van der Waals surface area contributed by atoms with E-state index in [0.717, 1.165) is 29.5 Å². The molecule has 7 nitrogen and oxygen atoms in total. The number of alkyl halides is 3. The zero-order valence-corrected chi connectivity index (χ0v) is 25.9. The highest BCUT2D eigenvalue weighted by molar-refractivity contribution is 7.92. The molecule has 0 aliphatic rings. The van der Waals surface area contributed by atoms with Crippen LogP contribution in [0.4, 0.5) is 18.9 Å². The average molecular weight is 638 g/mol. The fraction of sp³-hybridized carbons (Fsp3) is 0.355. The summed E-state index contributed by atoms with van der Waals surface area (Å²) in [4.78, 5) is 29.1. The lowest BCUT2D eigenvalue weighted by Gasteiger charge is -2.34. The first-order valence-corrected chi connectivity index (χ1v) is 15.9. The number of carbonyl (C=O) groups is 2. The molecule has 0 aliphatic heterocycles. The Hall–Kier alpha value is -3.57. The summed E-state index contributed by atoms with van der Waals surface area (Å²) in [7, 11) is -4.31. The third-order valence-electron chi connectivity index (χ3n) is 7.10. The number of hydrogen-bond acceptors (Lipinski definition) is 4. The molecule has 0 fully saturated rings. The zero-order valence-electron chi connectivity index (χ0n) is 24.4. The number of nitrogens with one attached hydrogen (secondary N) is 1. The maximum Gasteiger partial charge on any atom is 0.416 e. The molecule has 0 saturated heterocycles. The fourth-order valence-corrected chi connectivity index (χ4v) is 5.56. The predicted octanol–water partition coefficient (Wildman–Crippen LogP) is 5.99. The molecule has 0 bridgehead atoms. The van der Waals surface area contributed by atoms with Crippen molar-refractivity contribution >= 4 is 39.1 Å². The summed E-state index contributed by atoms with van der Waals surface area (Å²) in [5.41, 5.74) is 0.692. The van der Waals surface area contributed by atoms with Gasteiger partial charge in [0.15, 0.2) is 0 Å². The van der Waals surface area contributed by atoms with Crippen molar-refractivity contribution < 1.29 is 31.2 Å². The predicted molar refractivity (Wildman–Crippen MR) is 162 cm³/mol. The first-order chi connectivity index (χ1) is 20.1. The average Bonchev–Trinajstić information content (AvgIpc) is 2.94. The minimum absolute atomic E-state index is 0.0507. The molecule has 3 aromatic carbocycles. The highest BCUT2D eigenvalue weighted by Crippen LogP contribution is 2.36. The number of carbonyl (C=O) groups excluding carboxylic acids is 2. The maximum atomic E-state index is 14.1. The summed E-state index contributed by atoms with van der Waals surface area (Å²) < 4.78 is 67.0. The monoisotopic (exact) mass is 637 g/mol. The molecule has 0 heterocycles. The molecule has 0 aliphatic carbocycles. The third kappa shape index (κ3) is 9.21. The van der Waals surface area contributed by atoms with Gasteiger partial charge < -0.3 is 10.2 Å². The van der Waals surface area contributed by atoms with Crippen LogP contribution in [0.5, 0.6) is 0 Å². The Morgan fingerprint density at radius 1 is 1.00 bits per heavy atom. The Morgan fingerprint density at radius 2 is 1.63 bits per heavy atom. The van der Waals surface area contributed by atoms with E-state index in [1.807, 2.05) is 51.1 Å². The number of benzene rings is 3. The van der Waals surface area contributed by atoms with Crippen LogP contribution in [0.3, 0.4) is 0 Å². The quantitative estimate of drug-likeness (QED) is 0.264. The first-order valence-electron chi connectivity index (χ1n) is 13.6. The van der Waals surface area contributed by atoms with Crippen LogP contribution in [0, 0.1) is 6.92 Å². The van der Waals surface area contributed by atoms with Gasteiger partial charge in [0.05, 0.1) is 22.5 Å². The van der Waals surface area contributed by atoms with Gasteiger partial charge in [-0.1, -0.05) is 73.1 Å². The van der Waals surface area contributed by atoms with Crippen LogP contribution in [0.15, 0.2) is 72.8 Å². The molecule has 2 atom stereocenters. The number of amides is 2. The molecule has 3 rings (SSSR count). The summed E-state index contributed by atoms with van der Waals surface area (Å²) in [5, 5.41) is 2.64. The van der Waals surface area contributed by atoms with E-state index < -0.39 is 51.9 Å². The molecular weight excluding hydrogens is 603 g/mol. The molecule has 2 amide bonds. The van der Waals surface area contributed by atoms with Crippen molar-refractivity contribution in [3.8, 4) is 0 Å². The number of nitrogens with zero attached hydrogens (tertiary/aromatic N) is 2. The van der Waals surface area contributed by atoms with E-state index in [2.05, 4.69) is 5.32 Å². The Labute approximate surface area is 255 Å². The lowest BCUT2D eigenvalue weighted by molar-refractivity contribution is -0.140. The molecule has 1 N–H and O–H groups in total. The molecule has 232 valence electrons. The van der Waals surface area contributed by atoms with Crippen molar-refractivity contribution in [1.29, 1.82) is 0 Å². The van der Waals surface area contributed by atoms with E-state index in [-0.39, 0.29) is 24.0 Å². The zero-order chi connectivity index (χ0) is 31.9. The van der Waals surface area contributed by atoms with Crippen LogP contribution in [0.2, 0.25) is 5.02 Å². The van der Waals surface area contributed by atoms with Gasteiger partial charge in [-0.25, -0.2) is 8.42 Å². The van der Waals surface area contributed by atoms with E-state index in [1.54, 1.807) is 24.3 Å². The summed E-state index contributed by atoms with van der Waals surface area (Å²) in [6, 6.07) is 17.3. The van der Waals surface area contributed by atoms with Crippen molar-refractivity contribution in [1.82, 2.24) is 10.2 Å². The van der Waals surface area contributed by atoms with Gasteiger partial charge in [0.2, 0.25) is 21.8 Å². The summed E-state index contributed by atoms with van der Waals surface area (Å²) >= 11 is 6.19. The molecule has 3 aromatic rings. The van der Waals surface area contributed by atoms with Crippen molar-refractivity contribution in [2.24, 2.45) is 0 Å². The van der Waals surface area contributed by atoms with Crippen LogP contribution in [0.1, 0.15) is 42.5 Å². The van der Waals surface area contributed by atoms with E-state index in [0.29, 0.717) is 22.4 Å². The number of halogens is 4. The van der Waals surface area contributed by atoms with Gasteiger partial charge in [0.1, 0.15) is 12.6 Å². The van der Waals surface area contributed by atoms with Crippen LogP contribution in [-0.4, -0.2) is 50.0 Å². The van der Waals surface area contributed by atoms with Gasteiger partial charge in [-0.3, -0.25) is 13.9 Å². The van der Waals surface area contributed by atoms with Gasteiger partial charge in [-0.15, -0.1) is 0 Å². The number of rotatable bonds is 12. The molecule has 0 unspecified atom stereocenters. The largest absolute Gasteiger partial charge is 0.416 e. The van der Waals surface area contributed by atoms with Crippen molar-refractivity contribution in [3.05, 3.63) is 100 Å².